The summed E-state index contributed by atoms with van der Waals surface area (Å²) < 4.78 is 31.6. The Morgan fingerprint density at radius 2 is 1.45 bits per heavy atom. The van der Waals surface area contributed by atoms with Gasteiger partial charge in [0.15, 0.2) is 17.5 Å². The SMILES string of the molecule is CCCCCCCCCCc1cnc(-c2ccc(OC(=O)c3ccc(F)c(F)c3)cc2)nc1. The molecule has 0 radical (unpaired) electrons. The Morgan fingerprint density at radius 3 is 2.09 bits per heavy atom. The summed E-state index contributed by atoms with van der Waals surface area (Å²) in [5.74, 6) is -1.99. The number of nitrogens with zero attached hydrogens (tertiary/aromatic N) is 2. The minimum absolute atomic E-state index is 0.0617. The van der Waals surface area contributed by atoms with Gasteiger partial charge in [-0.3, -0.25) is 0 Å². The van der Waals surface area contributed by atoms with Crippen molar-refractivity contribution in [2.75, 3.05) is 0 Å². The summed E-state index contributed by atoms with van der Waals surface area (Å²) in [6.45, 7) is 2.24. The molecule has 2 aromatic carbocycles. The van der Waals surface area contributed by atoms with Crippen LogP contribution in [0.15, 0.2) is 54.9 Å². The Labute approximate surface area is 194 Å². The minimum Gasteiger partial charge on any atom is -0.423 e. The van der Waals surface area contributed by atoms with Crippen molar-refractivity contribution >= 4 is 5.97 Å². The number of halogens is 2. The van der Waals surface area contributed by atoms with E-state index in [1.54, 1.807) is 24.3 Å². The Bertz CT molecular complexity index is 1020. The molecular weight excluding hydrogens is 422 g/mol. The third-order valence-electron chi connectivity index (χ3n) is 5.50. The minimum atomic E-state index is -1.09. The molecule has 0 fully saturated rings. The standard InChI is InChI=1S/C27H30F2N2O2/c1-2-3-4-5-6-7-8-9-10-20-18-30-26(31-19-20)21-11-14-23(15-12-21)33-27(32)22-13-16-24(28)25(29)17-22/h11-19H,2-10H2,1H3. The van der Waals surface area contributed by atoms with Gasteiger partial charge in [0.05, 0.1) is 5.56 Å². The van der Waals surface area contributed by atoms with E-state index >= 15 is 0 Å². The highest BCUT2D eigenvalue weighted by Crippen LogP contribution is 2.21. The predicted octanol–water partition coefficient (Wildman–Crippen LogP) is 7.32. The molecule has 0 atom stereocenters. The highest BCUT2D eigenvalue weighted by molar-refractivity contribution is 5.91. The zero-order valence-corrected chi connectivity index (χ0v) is 19.0. The number of aromatic nitrogens is 2. The van der Waals surface area contributed by atoms with Crippen LogP contribution in [0.25, 0.3) is 11.4 Å². The topological polar surface area (TPSA) is 52.1 Å². The fourth-order valence-corrected chi connectivity index (χ4v) is 3.56. The number of rotatable bonds is 12. The lowest BCUT2D eigenvalue weighted by atomic mass is 10.1. The van der Waals surface area contributed by atoms with Crippen molar-refractivity contribution in [3.05, 3.63) is 77.6 Å². The molecule has 0 aliphatic rings. The van der Waals surface area contributed by atoms with Crippen LogP contribution in [0.1, 0.15) is 74.2 Å². The van der Waals surface area contributed by atoms with Crippen LogP contribution in [0, 0.1) is 11.6 Å². The van der Waals surface area contributed by atoms with Crippen LogP contribution in [-0.2, 0) is 6.42 Å². The first-order valence-corrected chi connectivity index (χ1v) is 11.7. The first kappa shape index (κ1) is 24.5. The van der Waals surface area contributed by atoms with Gasteiger partial charge in [0, 0.05) is 18.0 Å². The molecule has 0 amide bonds. The van der Waals surface area contributed by atoms with Gasteiger partial charge in [-0.05, 0) is 60.9 Å². The zero-order valence-electron chi connectivity index (χ0n) is 19.0. The Hall–Kier alpha value is -3.15. The summed E-state index contributed by atoms with van der Waals surface area (Å²) >= 11 is 0. The Morgan fingerprint density at radius 1 is 0.818 bits per heavy atom. The van der Waals surface area contributed by atoms with E-state index < -0.39 is 17.6 Å². The number of carbonyl (C=O) groups excluding carboxylic acids is 1. The van der Waals surface area contributed by atoms with Crippen LogP contribution >= 0.6 is 0 Å². The molecule has 4 nitrogen and oxygen atoms in total. The number of benzene rings is 2. The highest BCUT2D eigenvalue weighted by Gasteiger charge is 2.12. The van der Waals surface area contributed by atoms with Gasteiger partial charge in [0.25, 0.3) is 0 Å². The second-order valence-corrected chi connectivity index (χ2v) is 8.18. The monoisotopic (exact) mass is 452 g/mol. The largest absolute Gasteiger partial charge is 0.423 e. The Kier molecular flexibility index (Phi) is 9.48. The van der Waals surface area contributed by atoms with Crippen LogP contribution in [-0.4, -0.2) is 15.9 Å². The summed E-state index contributed by atoms with van der Waals surface area (Å²) in [7, 11) is 0. The number of esters is 1. The molecule has 6 heteroatoms. The zero-order chi connectivity index (χ0) is 23.5. The molecule has 33 heavy (non-hydrogen) atoms. The van der Waals surface area contributed by atoms with Gasteiger partial charge >= 0.3 is 5.97 Å². The van der Waals surface area contributed by atoms with Crippen LogP contribution in [0.3, 0.4) is 0 Å². The number of hydrogen-bond donors (Lipinski definition) is 0. The third kappa shape index (κ3) is 7.74. The highest BCUT2D eigenvalue weighted by atomic mass is 19.2. The van der Waals surface area contributed by atoms with Gasteiger partial charge in [-0.25, -0.2) is 23.5 Å². The van der Waals surface area contributed by atoms with Gasteiger partial charge < -0.3 is 4.74 Å². The maximum atomic E-state index is 13.3. The predicted molar refractivity (Wildman–Crippen MR) is 125 cm³/mol. The number of aryl methyl sites for hydroxylation is 1. The molecular formula is C27H30F2N2O2. The molecule has 3 aromatic rings. The van der Waals surface area contributed by atoms with Crippen molar-refractivity contribution in [1.29, 1.82) is 0 Å². The molecule has 0 saturated carbocycles. The van der Waals surface area contributed by atoms with Gasteiger partial charge in [0.2, 0.25) is 0 Å². The van der Waals surface area contributed by atoms with Crippen molar-refractivity contribution in [1.82, 2.24) is 9.97 Å². The van der Waals surface area contributed by atoms with Gasteiger partial charge in [-0.15, -0.1) is 0 Å². The summed E-state index contributed by atoms with van der Waals surface area (Å²) in [4.78, 5) is 21.0. The van der Waals surface area contributed by atoms with Gasteiger partial charge in [0.1, 0.15) is 5.75 Å². The molecule has 0 saturated heterocycles. The van der Waals surface area contributed by atoms with E-state index in [0.717, 1.165) is 36.1 Å². The fourth-order valence-electron chi connectivity index (χ4n) is 3.56. The molecule has 0 N–H and O–H groups in total. The van der Waals surface area contributed by atoms with E-state index in [2.05, 4.69) is 16.9 Å². The number of carbonyl (C=O) groups is 1. The molecule has 1 aromatic heterocycles. The van der Waals surface area contributed by atoms with E-state index in [1.807, 2.05) is 12.4 Å². The average Bonchev–Trinajstić information content (AvgIpc) is 2.83. The molecule has 0 aliphatic carbocycles. The van der Waals surface area contributed by atoms with Crippen LogP contribution in [0.5, 0.6) is 5.75 Å². The Balaban J connectivity index is 1.46. The average molecular weight is 453 g/mol. The lowest BCUT2D eigenvalue weighted by molar-refractivity contribution is 0.0734. The van der Waals surface area contributed by atoms with E-state index in [0.29, 0.717) is 11.6 Å². The summed E-state index contributed by atoms with van der Waals surface area (Å²) in [5.41, 5.74) is 1.86. The van der Waals surface area contributed by atoms with Crippen molar-refractivity contribution in [2.45, 2.75) is 64.7 Å². The van der Waals surface area contributed by atoms with Gasteiger partial charge in [-0.1, -0.05) is 51.9 Å². The smallest absolute Gasteiger partial charge is 0.343 e. The second kappa shape index (κ2) is 12.8. The van der Waals surface area contributed by atoms with Gasteiger partial charge in [-0.2, -0.15) is 0 Å². The van der Waals surface area contributed by atoms with E-state index in [1.165, 1.54) is 51.0 Å². The van der Waals surface area contributed by atoms with E-state index in [9.17, 15) is 13.6 Å². The van der Waals surface area contributed by atoms with Crippen LogP contribution < -0.4 is 4.74 Å². The molecule has 0 spiro atoms. The van der Waals surface area contributed by atoms with E-state index in [-0.39, 0.29) is 5.56 Å². The molecule has 0 aliphatic heterocycles. The van der Waals surface area contributed by atoms with E-state index in [4.69, 9.17) is 4.74 Å². The molecule has 1 heterocycles. The molecule has 3 rings (SSSR count). The third-order valence-corrected chi connectivity index (χ3v) is 5.50. The first-order valence-electron chi connectivity index (χ1n) is 11.7. The van der Waals surface area contributed by atoms with Crippen molar-refractivity contribution < 1.29 is 18.3 Å². The maximum Gasteiger partial charge on any atom is 0.343 e. The summed E-state index contributed by atoms with van der Waals surface area (Å²) in [6.07, 6.45) is 15.0. The van der Waals surface area contributed by atoms with Crippen molar-refractivity contribution in [3.63, 3.8) is 0 Å². The van der Waals surface area contributed by atoms with Crippen molar-refractivity contribution in [2.24, 2.45) is 0 Å². The lowest BCUT2D eigenvalue weighted by Gasteiger charge is -2.06. The lowest BCUT2D eigenvalue weighted by Crippen LogP contribution is -2.09. The normalized spacial score (nSPS) is 10.9. The summed E-state index contributed by atoms with van der Waals surface area (Å²) in [5, 5.41) is 0. The summed E-state index contributed by atoms with van der Waals surface area (Å²) in [6, 6.07) is 9.62. The van der Waals surface area contributed by atoms with Crippen LogP contribution in [0.4, 0.5) is 8.78 Å². The van der Waals surface area contributed by atoms with Crippen LogP contribution in [0.2, 0.25) is 0 Å². The molecule has 174 valence electrons. The maximum absolute atomic E-state index is 13.3. The second-order valence-electron chi connectivity index (χ2n) is 8.18. The fraction of sp³-hybridized carbons (Fsp3) is 0.370. The molecule has 0 unspecified atom stereocenters. The number of ether oxygens (including phenoxy) is 1. The molecule has 0 bridgehead atoms. The number of unbranched alkanes of at least 4 members (excludes halogenated alkanes) is 7. The first-order chi connectivity index (χ1) is 16.1. The van der Waals surface area contributed by atoms with Crippen molar-refractivity contribution in [3.8, 4) is 17.1 Å². The number of hydrogen-bond acceptors (Lipinski definition) is 4. The quantitative estimate of drug-likeness (QED) is 0.164.